The Morgan fingerprint density at radius 2 is 1.04 bits per heavy atom. The second-order valence-electron chi connectivity index (χ2n) is 14.3. The van der Waals surface area contributed by atoms with Crippen molar-refractivity contribution in [3.63, 3.8) is 0 Å². The normalized spacial score (nSPS) is 11.0. The first-order valence-corrected chi connectivity index (χ1v) is 17.9. The molecule has 0 atom stereocenters. The van der Waals surface area contributed by atoms with Crippen molar-refractivity contribution < 1.29 is 33.3 Å². The van der Waals surface area contributed by atoms with E-state index in [0.29, 0.717) is 58.6 Å². The fraction of sp³-hybridized carbons (Fsp3) is 0.302. The summed E-state index contributed by atoms with van der Waals surface area (Å²) in [5, 5.41) is 15.4. The SMILES string of the molecule is COc1ccc(C(=O)Nc2ccc(C(C)(C)CN)cc2)cc1OC.COc1ccc(C(=O)Nc2ccc(C(C)(C)CNC(=O)c3cc(C)[nH]n3)cc2)cc1OC. The van der Waals surface area contributed by atoms with Crippen LogP contribution in [0.2, 0.25) is 0 Å². The number of aromatic amines is 1. The van der Waals surface area contributed by atoms with E-state index in [4.69, 9.17) is 24.7 Å². The van der Waals surface area contributed by atoms with E-state index >= 15 is 0 Å². The second-order valence-corrected chi connectivity index (χ2v) is 14.3. The quantitative estimate of drug-likeness (QED) is 0.0806. The molecule has 13 heteroatoms. The number of methoxy groups -OCH3 is 4. The molecule has 0 radical (unpaired) electrons. The number of carbonyl (C=O) groups excluding carboxylic acids is 3. The summed E-state index contributed by atoms with van der Waals surface area (Å²) in [5.74, 6) is 1.48. The first-order valence-electron chi connectivity index (χ1n) is 17.9. The number of H-pyrrole nitrogens is 1. The predicted molar refractivity (Wildman–Crippen MR) is 219 cm³/mol. The first-order chi connectivity index (χ1) is 26.6. The number of carbonyl (C=O) groups is 3. The lowest BCUT2D eigenvalue weighted by Gasteiger charge is -2.25. The van der Waals surface area contributed by atoms with Gasteiger partial charge < -0.3 is 40.6 Å². The molecule has 0 spiro atoms. The van der Waals surface area contributed by atoms with Crippen LogP contribution in [0.5, 0.6) is 23.0 Å². The van der Waals surface area contributed by atoms with Crippen molar-refractivity contribution in [2.45, 2.75) is 45.4 Å². The minimum atomic E-state index is -0.313. The Kier molecular flexibility index (Phi) is 14.2. The third-order valence-electron chi connectivity index (χ3n) is 9.28. The van der Waals surface area contributed by atoms with Gasteiger partial charge in [0.2, 0.25) is 0 Å². The Balaban J connectivity index is 0.000000259. The highest BCUT2D eigenvalue weighted by molar-refractivity contribution is 6.05. The van der Waals surface area contributed by atoms with Gasteiger partial charge in [0.25, 0.3) is 17.7 Å². The van der Waals surface area contributed by atoms with Crippen LogP contribution in [0.3, 0.4) is 0 Å². The Morgan fingerprint density at radius 3 is 1.41 bits per heavy atom. The Labute approximate surface area is 328 Å². The van der Waals surface area contributed by atoms with Crippen LogP contribution < -0.4 is 40.6 Å². The molecule has 0 unspecified atom stereocenters. The molecular formula is C43H52N6O7. The number of aromatic nitrogens is 2. The molecule has 4 aromatic carbocycles. The zero-order chi connectivity index (χ0) is 41.0. The number of aryl methyl sites for hydroxylation is 1. The van der Waals surface area contributed by atoms with Crippen molar-refractivity contribution in [2.75, 3.05) is 52.2 Å². The maximum absolute atomic E-state index is 12.6. The van der Waals surface area contributed by atoms with Gasteiger partial charge in [-0.05, 0) is 84.8 Å². The predicted octanol–water partition coefficient (Wildman–Crippen LogP) is 6.89. The highest BCUT2D eigenvalue weighted by Gasteiger charge is 2.23. The van der Waals surface area contributed by atoms with Crippen LogP contribution in [0.4, 0.5) is 11.4 Å². The Morgan fingerprint density at radius 1 is 0.607 bits per heavy atom. The third kappa shape index (κ3) is 10.9. The molecule has 0 aliphatic carbocycles. The van der Waals surface area contributed by atoms with E-state index in [-0.39, 0.29) is 28.6 Å². The van der Waals surface area contributed by atoms with Crippen molar-refractivity contribution in [3.8, 4) is 23.0 Å². The smallest absolute Gasteiger partial charge is 0.271 e. The number of hydrogen-bond donors (Lipinski definition) is 5. The molecule has 5 rings (SSSR count). The van der Waals surface area contributed by atoms with Gasteiger partial charge in [-0.25, -0.2) is 0 Å². The van der Waals surface area contributed by atoms with Crippen LogP contribution in [-0.4, -0.2) is 69.4 Å². The zero-order valence-corrected chi connectivity index (χ0v) is 33.5. The first kappa shape index (κ1) is 42.4. The van der Waals surface area contributed by atoms with Gasteiger partial charge in [-0.2, -0.15) is 5.10 Å². The molecule has 1 heterocycles. The highest BCUT2D eigenvalue weighted by Crippen LogP contribution is 2.30. The molecule has 6 N–H and O–H groups in total. The summed E-state index contributed by atoms with van der Waals surface area (Å²) >= 11 is 0. The summed E-state index contributed by atoms with van der Waals surface area (Å²) < 4.78 is 20.9. The van der Waals surface area contributed by atoms with Crippen LogP contribution in [0.15, 0.2) is 91.0 Å². The molecular weight excluding hydrogens is 713 g/mol. The van der Waals surface area contributed by atoms with E-state index < -0.39 is 0 Å². The number of nitrogens with zero attached hydrogens (tertiary/aromatic N) is 1. The van der Waals surface area contributed by atoms with Crippen LogP contribution in [0.25, 0.3) is 0 Å². The Bertz CT molecular complexity index is 2110. The van der Waals surface area contributed by atoms with Gasteiger partial charge >= 0.3 is 0 Å². The lowest BCUT2D eigenvalue weighted by atomic mass is 9.84. The lowest BCUT2D eigenvalue weighted by molar-refractivity contribution is 0.0939. The van der Waals surface area contributed by atoms with Crippen molar-refractivity contribution in [1.29, 1.82) is 0 Å². The van der Waals surface area contributed by atoms with E-state index in [9.17, 15) is 14.4 Å². The molecule has 0 aliphatic heterocycles. The highest BCUT2D eigenvalue weighted by atomic mass is 16.5. The van der Waals surface area contributed by atoms with E-state index in [1.54, 1.807) is 56.7 Å². The number of anilines is 2. The minimum absolute atomic E-state index is 0.0914. The third-order valence-corrected chi connectivity index (χ3v) is 9.28. The number of ether oxygens (including phenoxy) is 4. The summed E-state index contributed by atoms with van der Waals surface area (Å²) in [6.07, 6.45) is 0. The van der Waals surface area contributed by atoms with Gasteiger partial charge in [-0.3, -0.25) is 19.5 Å². The Hall–Kier alpha value is -6.34. The average Bonchev–Trinajstić information content (AvgIpc) is 3.66. The molecule has 13 nitrogen and oxygen atoms in total. The van der Waals surface area contributed by atoms with Gasteiger partial charge in [-0.15, -0.1) is 0 Å². The largest absolute Gasteiger partial charge is 0.493 e. The molecule has 5 aromatic rings. The molecule has 0 saturated heterocycles. The number of nitrogens with two attached hydrogens (primary N) is 1. The van der Waals surface area contributed by atoms with E-state index in [2.05, 4.69) is 40.0 Å². The summed E-state index contributed by atoms with van der Waals surface area (Å²) in [4.78, 5) is 37.3. The monoisotopic (exact) mass is 764 g/mol. The number of nitrogens with one attached hydrogen (secondary N) is 4. The van der Waals surface area contributed by atoms with Gasteiger partial charge in [0, 0.05) is 52.1 Å². The van der Waals surface area contributed by atoms with Crippen molar-refractivity contribution in [3.05, 3.63) is 125 Å². The van der Waals surface area contributed by atoms with Crippen molar-refractivity contribution in [1.82, 2.24) is 15.5 Å². The van der Waals surface area contributed by atoms with Gasteiger partial charge in [0.15, 0.2) is 23.0 Å². The number of hydrogen-bond acceptors (Lipinski definition) is 9. The van der Waals surface area contributed by atoms with Gasteiger partial charge in [0.1, 0.15) is 5.69 Å². The molecule has 0 fully saturated rings. The number of benzene rings is 4. The standard InChI is InChI=1S/C24H28N4O4.C19H24N2O3/c1-15-12-19(28-27-15)23(30)25-14-24(2,3)17-7-9-18(10-8-17)26-22(29)16-6-11-20(31-4)21(13-16)32-5;1-19(2,12-20)14-6-8-15(9-7-14)21-18(22)13-5-10-16(23-3)17(11-13)24-4/h6-13H,14H2,1-5H3,(H,25,30)(H,26,29)(H,27,28);5-11H,12,20H2,1-4H3,(H,21,22). The van der Waals surface area contributed by atoms with Crippen LogP contribution in [0, 0.1) is 6.92 Å². The zero-order valence-electron chi connectivity index (χ0n) is 33.5. The van der Waals surface area contributed by atoms with Crippen LogP contribution in [0.1, 0.15) is 75.7 Å². The summed E-state index contributed by atoms with van der Waals surface area (Å²) in [6.45, 7) is 11.1. The topological polar surface area (TPSA) is 179 Å². The minimum Gasteiger partial charge on any atom is -0.493 e. The molecule has 296 valence electrons. The van der Waals surface area contributed by atoms with E-state index in [1.165, 1.54) is 14.2 Å². The van der Waals surface area contributed by atoms with E-state index in [0.717, 1.165) is 22.5 Å². The van der Waals surface area contributed by atoms with Crippen LogP contribution in [-0.2, 0) is 10.8 Å². The van der Waals surface area contributed by atoms with E-state index in [1.807, 2.05) is 69.3 Å². The van der Waals surface area contributed by atoms with Gasteiger partial charge in [-0.1, -0.05) is 52.0 Å². The maximum Gasteiger partial charge on any atom is 0.271 e. The lowest BCUT2D eigenvalue weighted by Crippen LogP contribution is -2.36. The molecule has 3 amide bonds. The second kappa shape index (κ2) is 18.8. The van der Waals surface area contributed by atoms with Crippen molar-refractivity contribution in [2.24, 2.45) is 5.73 Å². The molecule has 0 bridgehead atoms. The molecule has 1 aromatic heterocycles. The molecule has 0 aliphatic rings. The maximum atomic E-state index is 12.6. The molecule has 56 heavy (non-hydrogen) atoms. The summed E-state index contributed by atoms with van der Waals surface area (Å²) in [7, 11) is 6.17. The summed E-state index contributed by atoms with van der Waals surface area (Å²) in [6, 6.07) is 27.1. The number of amides is 3. The number of rotatable bonds is 14. The summed E-state index contributed by atoms with van der Waals surface area (Å²) in [5.41, 5.74) is 11.1. The fourth-order valence-corrected chi connectivity index (χ4v) is 5.52. The molecule has 0 saturated carbocycles. The fourth-order valence-electron chi connectivity index (χ4n) is 5.52. The van der Waals surface area contributed by atoms with Crippen molar-refractivity contribution >= 4 is 29.1 Å². The van der Waals surface area contributed by atoms with Gasteiger partial charge in [0.05, 0.1) is 28.4 Å². The van der Waals surface area contributed by atoms with Crippen LogP contribution >= 0.6 is 0 Å². The average molecular weight is 765 g/mol.